The van der Waals surface area contributed by atoms with Crippen LogP contribution in [0, 0.1) is 6.92 Å². The smallest absolute Gasteiger partial charge is 0.105 e. The summed E-state index contributed by atoms with van der Waals surface area (Å²) in [5, 5.41) is 3.50. The van der Waals surface area contributed by atoms with Gasteiger partial charge >= 0.3 is 0 Å². The summed E-state index contributed by atoms with van der Waals surface area (Å²) >= 11 is 0. The molecule has 3 nitrogen and oxygen atoms in total. The second kappa shape index (κ2) is 5.50. The van der Waals surface area contributed by atoms with Crippen LogP contribution in [0.15, 0.2) is 18.3 Å². The molecular formula is C14H25N3. The minimum absolute atomic E-state index is 0.136. The van der Waals surface area contributed by atoms with Gasteiger partial charge in [-0.05, 0) is 41.0 Å². The van der Waals surface area contributed by atoms with E-state index in [9.17, 15) is 0 Å². The average molecular weight is 235 g/mol. The number of aryl methyl sites for hydroxylation is 1. The van der Waals surface area contributed by atoms with Crippen LogP contribution in [0.3, 0.4) is 0 Å². The molecule has 0 saturated carbocycles. The Hall–Kier alpha value is -1.09. The second-order valence-electron chi connectivity index (χ2n) is 5.76. The maximum absolute atomic E-state index is 4.39. The third-order valence-electron chi connectivity index (χ3n) is 2.70. The summed E-state index contributed by atoms with van der Waals surface area (Å²) in [5.41, 5.74) is 2.60. The van der Waals surface area contributed by atoms with Crippen LogP contribution in [0.25, 0.3) is 0 Å². The maximum Gasteiger partial charge on any atom is 0.105 e. The summed E-state index contributed by atoms with van der Waals surface area (Å²) in [7, 11) is 0. The van der Waals surface area contributed by atoms with Gasteiger partial charge in [-0.3, -0.25) is 0 Å². The maximum atomic E-state index is 4.39. The molecule has 0 amide bonds. The molecule has 0 atom stereocenters. The first-order valence-electron chi connectivity index (χ1n) is 6.20. The van der Waals surface area contributed by atoms with E-state index in [0.29, 0.717) is 0 Å². The van der Waals surface area contributed by atoms with Crippen LogP contribution < -0.4 is 5.32 Å². The van der Waals surface area contributed by atoms with Gasteiger partial charge in [0.2, 0.25) is 0 Å². The number of nitrogens with zero attached hydrogens (tertiary/aromatic N) is 2. The van der Waals surface area contributed by atoms with Crippen molar-refractivity contribution >= 4 is 0 Å². The second-order valence-corrected chi connectivity index (χ2v) is 5.76. The normalized spacial score (nSPS) is 11.8. The van der Waals surface area contributed by atoms with Crippen LogP contribution in [0.2, 0.25) is 0 Å². The lowest BCUT2D eigenvalue weighted by Gasteiger charge is -2.21. The van der Waals surface area contributed by atoms with Crippen molar-refractivity contribution in [3.63, 3.8) is 0 Å². The fraction of sp³-hybridized carbons (Fsp3) is 0.643. The predicted octanol–water partition coefficient (Wildman–Crippen LogP) is 3.05. The number of imidazole rings is 1. The highest BCUT2D eigenvalue weighted by atomic mass is 15.1. The van der Waals surface area contributed by atoms with Crippen molar-refractivity contribution in [3.8, 4) is 0 Å². The molecule has 1 heterocycles. The molecule has 0 radical (unpaired) electrons. The Kier molecular flexibility index (Phi) is 4.52. The Bertz CT molecular complexity index is 383. The summed E-state index contributed by atoms with van der Waals surface area (Å²) in [6.07, 6.45) is 2.98. The van der Waals surface area contributed by atoms with Gasteiger partial charge in [-0.1, -0.05) is 5.57 Å². The first-order chi connectivity index (χ1) is 7.79. The highest BCUT2D eigenvalue weighted by Crippen LogP contribution is 2.10. The van der Waals surface area contributed by atoms with Gasteiger partial charge in [0, 0.05) is 24.8 Å². The molecule has 3 heteroatoms. The van der Waals surface area contributed by atoms with Gasteiger partial charge in [0.05, 0.1) is 5.69 Å². The Morgan fingerprint density at radius 1 is 1.47 bits per heavy atom. The van der Waals surface area contributed by atoms with Crippen LogP contribution >= 0.6 is 0 Å². The third-order valence-corrected chi connectivity index (χ3v) is 2.70. The van der Waals surface area contributed by atoms with E-state index >= 15 is 0 Å². The first-order valence-corrected chi connectivity index (χ1v) is 6.20. The molecule has 0 fully saturated rings. The summed E-state index contributed by atoms with van der Waals surface area (Å²) in [4.78, 5) is 4.39. The van der Waals surface area contributed by atoms with E-state index < -0.39 is 0 Å². The van der Waals surface area contributed by atoms with E-state index in [2.05, 4.69) is 56.1 Å². The molecule has 0 aromatic carbocycles. The van der Waals surface area contributed by atoms with Crippen LogP contribution in [0.1, 0.15) is 45.6 Å². The van der Waals surface area contributed by atoms with Crippen molar-refractivity contribution in [2.24, 2.45) is 0 Å². The molecule has 1 rings (SSSR count). The Morgan fingerprint density at radius 2 is 2.12 bits per heavy atom. The van der Waals surface area contributed by atoms with Crippen molar-refractivity contribution in [2.75, 3.05) is 0 Å². The summed E-state index contributed by atoms with van der Waals surface area (Å²) in [6, 6.07) is 0. The van der Waals surface area contributed by atoms with Gasteiger partial charge in [-0.25, -0.2) is 4.98 Å². The highest BCUT2D eigenvalue weighted by Gasteiger charge is 2.11. The highest BCUT2D eigenvalue weighted by molar-refractivity contribution is 5.05. The topological polar surface area (TPSA) is 29.9 Å². The van der Waals surface area contributed by atoms with Gasteiger partial charge < -0.3 is 9.88 Å². The molecule has 96 valence electrons. The standard InChI is InChI=1S/C14H25N3/c1-11(2)7-8-17-12(3)15-9-13(17)10-16-14(4,5)6/h9,16H,1,7-8,10H2,2-6H3. The zero-order valence-corrected chi connectivity index (χ0v) is 11.8. The zero-order chi connectivity index (χ0) is 13.1. The number of hydrogen-bond donors (Lipinski definition) is 1. The van der Waals surface area contributed by atoms with Crippen molar-refractivity contribution < 1.29 is 0 Å². The summed E-state index contributed by atoms with van der Waals surface area (Å²) < 4.78 is 2.27. The largest absolute Gasteiger partial charge is 0.331 e. The molecule has 1 N–H and O–H groups in total. The zero-order valence-electron chi connectivity index (χ0n) is 11.8. The Morgan fingerprint density at radius 3 is 2.65 bits per heavy atom. The first kappa shape index (κ1) is 14.0. The fourth-order valence-corrected chi connectivity index (χ4v) is 1.62. The summed E-state index contributed by atoms with van der Waals surface area (Å²) in [6.45, 7) is 16.4. The minimum atomic E-state index is 0.136. The molecule has 0 bridgehead atoms. The lowest BCUT2D eigenvalue weighted by Crippen LogP contribution is -2.35. The summed E-state index contributed by atoms with van der Waals surface area (Å²) in [5.74, 6) is 1.08. The molecule has 0 spiro atoms. The fourth-order valence-electron chi connectivity index (χ4n) is 1.62. The van der Waals surface area contributed by atoms with Crippen molar-refractivity contribution in [1.29, 1.82) is 0 Å². The number of hydrogen-bond acceptors (Lipinski definition) is 2. The van der Waals surface area contributed by atoms with E-state index in [4.69, 9.17) is 0 Å². The van der Waals surface area contributed by atoms with Gasteiger partial charge in [-0.15, -0.1) is 6.58 Å². The lowest BCUT2D eigenvalue weighted by molar-refractivity contribution is 0.415. The van der Waals surface area contributed by atoms with Gasteiger partial charge in [0.25, 0.3) is 0 Å². The molecule has 0 saturated heterocycles. The predicted molar refractivity (Wildman–Crippen MR) is 73.0 cm³/mol. The van der Waals surface area contributed by atoms with Crippen molar-refractivity contribution in [2.45, 2.75) is 59.7 Å². The van der Waals surface area contributed by atoms with E-state index in [1.165, 1.54) is 11.3 Å². The quantitative estimate of drug-likeness (QED) is 0.795. The van der Waals surface area contributed by atoms with Crippen molar-refractivity contribution in [1.82, 2.24) is 14.9 Å². The lowest BCUT2D eigenvalue weighted by atomic mass is 10.1. The van der Waals surface area contributed by atoms with Crippen molar-refractivity contribution in [3.05, 3.63) is 29.9 Å². The number of allylic oxidation sites excluding steroid dienone is 1. The van der Waals surface area contributed by atoms with E-state index in [-0.39, 0.29) is 5.54 Å². The number of rotatable bonds is 5. The molecule has 1 aromatic rings. The van der Waals surface area contributed by atoms with Gasteiger partial charge in [0.1, 0.15) is 5.82 Å². The average Bonchev–Trinajstić information content (AvgIpc) is 2.52. The SMILES string of the molecule is C=C(C)CCn1c(CNC(C)(C)C)cnc1C. The van der Waals surface area contributed by atoms with E-state index in [0.717, 1.165) is 25.3 Å². The molecular weight excluding hydrogens is 210 g/mol. The van der Waals surface area contributed by atoms with Crippen LogP contribution in [-0.4, -0.2) is 15.1 Å². The molecule has 0 aliphatic rings. The van der Waals surface area contributed by atoms with Gasteiger partial charge in [0.15, 0.2) is 0 Å². The minimum Gasteiger partial charge on any atom is -0.331 e. The third kappa shape index (κ3) is 4.73. The molecule has 0 unspecified atom stereocenters. The molecule has 17 heavy (non-hydrogen) atoms. The number of nitrogens with one attached hydrogen (secondary N) is 1. The van der Waals surface area contributed by atoms with Crippen LogP contribution in [-0.2, 0) is 13.1 Å². The molecule has 0 aliphatic heterocycles. The van der Waals surface area contributed by atoms with Crippen LogP contribution in [0.5, 0.6) is 0 Å². The van der Waals surface area contributed by atoms with E-state index in [1.54, 1.807) is 0 Å². The monoisotopic (exact) mass is 235 g/mol. The number of aromatic nitrogens is 2. The Labute approximate surface area is 105 Å². The van der Waals surface area contributed by atoms with Gasteiger partial charge in [-0.2, -0.15) is 0 Å². The Balaban J connectivity index is 2.69. The van der Waals surface area contributed by atoms with Crippen LogP contribution in [0.4, 0.5) is 0 Å². The van der Waals surface area contributed by atoms with E-state index in [1.807, 2.05) is 6.20 Å². The molecule has 1 aromatic heterocycles. The molecule has 0 aliphatic carbocycles.